The summed E-state index contributed by atoms with van der Waals surface area (Å²) < 4.78 is 39.5. The summed E-state index contributed by atoms with van der Waals surface area (Å²) in [6.45, 7) is 4.43. The number of halogens is 3. The fourth-order valence-electron chi connectivity index (χ4n) is 2.29. The van der Waals surface area contributed by atoms with Gasteiger partial charge in [-0.3, -0.25) is 0 Å². The van der Waals surface area contributed by atoms with E-state index in [0.29, 0.717) is 6.54 Å². The fourth-order valence-corrected chi connectivity index (χ4v) is 3.03. The van der Waals surface area contributed by atoms with Gasteiger partial charge in [0.1, 0.15) is 0 Å². The molecule has 20 heavy (non-hydrogen) atoms. The number of rotatable bonds is 4. The van der Waals surface area contributed by atoms with Crippen LogP contribution in [-0.4, -0.2) is 6.54 Å². The number of hydrogen-bond acceptors (Lipinski definition) is 2. The van der Waals surface area contributed by atoms with Crippen LogP contribution < -0.4 is 5.32 Å². The first kappa shape index (κ1) is 15.1. The Balaban J connectivity index is 2.54. The third kappa shape index (κ3) is 3.04. The first-order valence-electron chi connectivity index (χ1n) is 6.38. The molecule has 0 saturated carbocycles. The van der Waals surface area contributed by atoms with Crippen LogP contribution in [0.4, 0.5) is 13.2 Å². The maximum absolute atomic E-state index is 13.2. The number of hydrogen-bond donors (Lipinski definition) is 1. The van der Waals surface area contributed by atoms with Crippen LogP contribution in [0.2, 0.25) is 0 Å². The van der Waals surface area contributed by atoms with Crippen molar-refractivity contribution in [2.45, 2.75) is 26.1 Å². The van der Waals surface area contributed by atoms with E-state index in [1.165, 1.54) is 6.07 Å². The Morgan fingerprint density at radius 1 is 1.15 bits per heavy atom. The summed E-state index contributed by atoms with van der Waals surface area (Å²) in [6, 6.07) is 7.23. The highest BCUT2D eigenvalue weighted by Crippen LogP contribution is 2.37. The summed E-state index contributed by atoms with van der Waals surface area (Å²) in [4.78, 5) is 1.04. The second-order valence-corrected chi connectivity index (χ2v) is 5.63. The Morgan fingerprint density at radius 2 is 1.85 bits per heavy atom. The molecule has 1 unspecified atom stereocenters. The molecule has 0 amide bonds. The molecule has 1 N–H and O–H groups in total. The van der Waals surface area contributed by atoms with E-state index in [2.05, 4.69) is 5.32 Å². The minimum Gasteiger partial charge on any atom is -0.306 e. The Labute approximate surface area is 120 Å². The molecule has 0 saturated heterocycles. The Bertz CT molecular complexity index is 574. The molecule has 2 aromatic rings. The number of benzene rings is 1. The zero-order chi connectivity index (χ0) is 14.8. The molecule has 1 atom stereocenters. The van der Waals surface area contributed by atoms with E-state index in [-0.39, 0.29) is 5.56 Å². The van der Waals surface area contributed by atoms with Crippen molar-refractivity contribution in [1.82, 2.24) is 5.32 Å². The second-order valence-electron chi connectivity index (χ2n) is 4.51. The van der Waals surface area contributed by atoms with Crippen LogP contribution in [0.3, 0.4) is 0 Å². The summed E-state index contributed by atoms with van der Waals surface area (Å²) in [5.41, 5.74) is 0.619. The first-order valence-corrected chi connectivity index (χ1v) is 7.26. The molecule has 1 heterocycles. The topological polar surface area (TPSA) is 12.0 Å². The molecule has 0 radical (unpaired) electrons. The van der Waals surface area contributed by atoms with Crippen LogP contribution in [0.5, 0.6) is 0 Å². The lowest BCUT2D eigenvalue weighted by molar-refractivity contribution is -0.138. The van der Waals surface area contributed by atoms with E-state index < -0.39 is 17.8 Å². The Kier molecular flexibility index (Phi) is 4.50. The molecule has 2 rings (SSSR count). The van der Waals surface area contributed by atoms with Gasteiger partial charge in [-0.2, -0.15) is 13.2 Å². The van der Waals surface area contributed by atoms with Gasteiger partial charge in [0.25, 0.3) is 0 Å². The Hall–Kier alpha value is -1.33. The van der Waals surface area contributed by atoms with Crippen molar-refractivity contribution in [1.29, 1.82) is 0 Å². The third-order valence-corrected chi connectivity index (χ3v) is 4.06. The lowest BCUT2D eigenvalue weighted by Gasteiger charge is -2.22. The first-order chi connectivity index (χ1) is 9.45. The average molecular weight is 299 g/mol. The van der Waals surface area contributed by atoms with Gasteiger partial charge in [-0.1, -0.05) is 25.1 Å². The second kappa shape index (κ2) is 5.97. The van der Waals surface area contributed by atoms with Gasteiger partial charge in [-0.15, -0.1) is 11.3 Å². The molecule has 108 valence electrons. The summed E-state index contributed by atoms with van der Waals surface area (Å²) in [5, 5.41) is 5.07. The summed E-state index contributed by atoms with van der Waals surface area (Å²) in [7, 11) is 0. The molecule has 0 fully saturated rings. The maximum Gasteiger partial charge on any atom is 0.416 e. The monoisotopic (exact) mass is 299 g/mol. The van der Waals surface area contributed by atoms with Crippen molar-refractivity contribution < 1.29 is 13.2 Å². The van der Waals surface area contributed by atoms with Crippen LogP contribution >= 0.6 is 11.3 Å². The van der Waals surface area contributed by atoms with E-state index in [4.69, 9.17) is 0 Å². The van der Waals surface area contributed by atoms with Crippen molar-refractivity contribution in [3.05, 3.63) is 57.3 Å². The van der Waals surface area contributed by atoms with Gasteiger partial charge in [-0.25, -0.2) is 0 Å². The van der Waals surface area contributed by atoms with Crippen LogP contribution in [0.15, 0.2) is 35.7 Å². The van der Waals surface area contributed by atoms with Crippen molar-refractivity contribution in [3.63, 3.8) is 0 Å². The normalized spacial score (nSPS) is 13.4. The van der Waals surface area contributed by atoms with E-state index in [0.717, 1.165) is 16.5 Å². The smallest absolute Gasteiger partial charge is 0.306 e. The number of thiophene rings is 1. The SMILES string of the molecule is CCNC(c1ccccc1C(F)(F)F)c1ccsc1C. The molecular formula is C15H16F3NS. The van der Waals surface area contributed by atoms with Crippen molar-refractivity contribution >= 4 is 11.3 Å². The van der Waals surface area contributed by atoms with Crippen LogP contribution in [0.1, 0.15) is 34.5 Å². The molecule has 0 bridgehead atoms. The lowest BCUT2D eigenvalue weighted by Crippen LogP contribution is -2.25. The highest BCUT2D eigenvalue weighted by atomic mass is 32.1. The molecule has 0 aliphatic carbocycles. The average Bonchev–Trinajstić information content (AvgIpc) is 2.81. The van der Waals surface area contributed by atoms with Gasteiger partial charge in [0.05, 0.1) is 11.6 Å². The molecule has 0 spiro atoms. The molecule has 5 heteroatoms. The predicted octanol–water partition coefficient (Wildman–Crippen LogP) is 4.77. The molecular weight excluding hydrogens is 283 g/mol. The van der Waals surface area contributed by atoms with Crippen LogP contribution in [0.25, 0.3) is 0 Å². The Morgan fingerprint density at radius 3 is 2.40 bits per heavy atom. The van der Waals surface area contributed by atoms with E-state index in [1.807, 2.05) is 25.3 Å². The molecule has 1 nitrogen and oxygen atoms in total. The van der Waals surface area contributed by atoms with Gasteiger partial charge < -0.3 is 5.32 Å². The van der Waals surface area contributed by atoms with Crippen LogP contribution in [0, 0.1) is 6.92 Å². The van der Waals surface area contributed by atoms with Gasteiger partial charge in [0, 0.05) is 4.88 Å². The van der Waals surface area contributed by atoms with Gasteiger partial charge in [0.2, 0.25) is 0 Å². The van der Waals surface area contributed by atoms with Crippen molar-refractivity contribution in [3.8, 4) is 0 Å². The van der Waals surface area contributed by atoms with Gasteiger partial charge in [-0.05, 0) is 42.1 Å². The minimum atomic E-state index is -4.34. The predicted molar refractivity (Wildman–Crippen MR) is 76.0 cm³/mol. The van der Waals surface area contributed by atoms with Gasteiger partial charge in [0.15, 0.2) is 0 Å². The van der Waals surface area contributed by atoms with Crippen molar-refractivity contribution in [2.24, 2.45) is 0 Å². The number of alkyl halides is 3. The molecule has 1 aromatic heterocycles. The largest absolute Gasteiger partial charge is 0.416 e. The zero-order valence-corrected chi connectivity index (χ0v) is 12.1. The summed E-state index contributed by atoms with van der Waals surface area (Å²) >= 11 is 1.55. The quantitative estimate of drug-likeness (QED) is 0.857. The maximum atomic E-state index is 13.2. The van der Waals surface area contributed by atoms with Crippen LogP contribution in [-0.2, 0) is 6.18 Å². The molecule has 0 aliphatic heterocycles. The van der Waals surface area contributed by atoms with E-state index in [1.54, 1.807) is 23.5 Å². The fraction of sp³-hybridized carbons (Fsp3) is 0.333. The molecule has 0 aliphatic rings. The highest BCUT2D eigenvalue weighted by molar-refractivity contribution is 7.10. The third-order valence-electron chi connectivity index (χ3n) is 3.20. The van der Waals surface area contributed by atoms with E-state index in [9.17, 15) is 13.2 Å². The number of aryl methyl sites for hydroxylation is 1. The minimum absolute atomic E-state index is 0.281. The van der Waals surface area contributed by atoms with Crippen molar-refractivity contribution in [2.75, 3.05) is 6.54 Å². The molecule has 1 aromatic carbocycles. The van der Waals surface area contributed by atoms with Gasteiger partial charge >= 0.3 is 6.18 Å². The number of nitrogens with one attached hydrogen (secondary N) is 1. The summed E-state index contributed by atoms with van der Waals surface area (Å²) in [6.07, 6.45) is -4.34. The lowest BCUT2D eigenvalue weighted by atomic mass is 9.94. The zero-order valence-electron chi connectivity index (χ0n) is 11.3. The summed E-state index contributed by atoms with van der Waals surface area (Å²) in [5.74, 6) is 0. The van der Waals surface area contributed by atoms with E-state index >= 15 is 0 Å². The standard InChI is InChI=1S/C15H16F3NS/c1-3-19-14(11-8-9-20-10(11)2)12-6-4-5-7-13(12)15(16,17)18/h4-9,14,19H,3H2,1-2H3. The highest BCUT2D eigenvalue weighted by Gasteiger charge is 2.35.